The zero-order chi connectivity index (χ0) is 18.2. The van der Waals surface area contributed by atoms with Gasteiger partial charge in [-0.2, -0.15) is 0 Å². The lowest BCUT2D eigenvalue weighted by molar-refractivity contribution is 0.244. The number of aromatic nitrogens is 1. The van der Waals surface area contributed by atoms with Crippen LogP contribution in [-0.4, -0.2) is 31.1 Å². The zero-order valence-corrected chi connectivity index (χ0v) is 15.7. The fourth-order valence-corrected chi connectivity index (χ4v) is 3.38. The van der Waals surface area contributed by atoms with E-state index in [4.69, 9.17) is 9.73 Å². The molecular weight excluding hydrogens is 324 g/mol. The first-order valence-electron chi connectivity index (χ1n) is 9.33. The molecule has 26 heavy (non-hydrogen) atoms. The molecule has 2 aromatic rings. The van der Waals surface area contributed by atoms with Crippen LogP contribution in [0.3, 0.4) is 0 Å². The maximum absolute atomic E-state index is 5.18. The number of pyridine rings is 1. The van der Waals surface area contributed by atoms with Crippen molar-refractivity contribution in [3.05, 3.63) is 59.8 Å². The molecule has 1 aromatic carbocycles. The van der Waals surface area contributed by atoms with Crippen molar-refractivity contribution in [3.63, 3.8) is 0 Å². The molecule has 0 unspecified atom stereocenters. The highest BCUT2D eigenvalue weighted by Crippen LogP contribution is 2.43. The van der Waals surface area contributed by atoms with Crippen LogP contribution in [0.15, 0.2) is 53.5 Å². The van der Waals surface area contributed by atoms with Gasteiger partial charge in [0.1, 0.15) is 0 Å². The van der Waals surface area contributed by atoms with Gasteiger partial charge < -0.3 is 15.4 Å². The van der Waals surface area contributed by atoms with Crippen LogP contribution >= 0.6 is 0 Å². The van der Waals surface area contributed by atoms with Gasteiger partial charge in [-0.25, -0.2) is 9.98 Å². The smallest absolute Gasteiger partial charge is 0.213 e. The molecule has 1 aliphatic rings. The Bertz CT molecular complexity index is 726. The standard InChI is InChI=1S/C21H28N4O/c1-3-22-20(23-15-18-11-7-12-19(25-18)26-2)24-16-21(13-8-14-21)17-9-5-4-6-10-17/h4-7,9-12H,3,8,13-16H2,1-2H3,(H2,22,23,24). The summed E-state index contributed by atoms with van der Waals surface area (Å²) in [6.45, 7) is 4.33. The number of nitrogens with zero attached hydrogens (tertiary/aromatic N) is 2. The van der Waals surface area contributed by atoms with E-state index in [9.17, 15) is 0 Å². The van der Waals surface area contributed by atoms with Gasteiger partial charge in [-0.15, -0.1) is 0 Å². The largest absolute Gasteiger partial charge is 0.481 e. The lowest BCUT2D eigenvalue weighted by atomic mass is 9.64. The van der Waals surface area contributed by atoms with Gasteiger partial charge in [0.05, 0.1) is 19.3 Å². The van der Waals surface area contributed by atoms with Crippen LogP contribution in [0, 0.1) is 0 Å². The summed E-state index contributed by atoms with van der Waals surface area (Å²) in [6.07, 6.45) is 3.74. The lowest BCUT2D eigenvalue weighted by Gasteiger charge is -2.43. The van der Waals surface area contributed by atoms with E-state index in [-0.39, 0.29) is 5.41 Å². The van der Waals surface area contributed by atoms with Crippen molar-refractivity contribution >= 4 is 5.96 Å². The molecule has 1 aliphatic carbocycles. The third-order valence-corrected chi connectivity index (χ3v) is 5.02. The molecule has 138 valence electrons. The van der Waals surface area contributed by atoms with Gasteiger partial charge in [0.15, 0.2) is 5.96 Å². The van der Waals surface area contributed by atoms with Crippen molar-refractivity contribution in [2.45, 2.75) is 38.1 Å². The molecule has 1 heterocycles. The summed E-state index contributed by atoms with van der Waals surface area (Å²) in [5.41, 5.74) is 2.54. The first-order chi connectivity index (χ1) is 12.8. The van der Waals surface area contributed by atoms with E-state index in [0.29, 0.717) is 12.4 Å². The Morgan fingerprint density at radius 1 is 1.12 bits per heavy atom. The molecule has 0 amide bonds. The van der Waals surface area contributed by atoms with E-state index < -0.39 is 0 Å². The molecule has 0 saturated heterocycles. The number of hydrogen-bond acceptors (Lipinski definition) is 3. The van der Waals surface area contributed by atoms with Gasteiger partial charge in [-0.3, -0.25) is 0 Å². The molecular formula is C21H28N4O. The van der Waals surface area contributed by atoms with E-state index >= 15 is 0 Å². The first-order valence-corrected chi connectivity index (χ1v) is 9.33. The molecule has 1 fully saturated rings. The van der Waals surface area contributed by atoms with E-state index in [2.05, 4.69) is 52.9 Å². The quantitative estimate of drug-likeness (QED) is 0.593. The van der Waals surface area contributed by atoms with Crippen molar-refractivity contribution in [2.75, 3.05) is 20.2 Å². The number of nitrogens with one attached hydrogen (secondary N) is 2. The topological polar surface area (TPSA) is 58.5 Å². The Labute approximate surface area is 155 Å². The monoisotopic (exact) mass is 352 g/mol. The molecule has 1 aromatic heterocycles. The second-order valence-electron chi connectivity index (χ2n) is 6.72. The average Bonchev–Trinajstić information content (AvgIpc) is 2.66. The van der Waals surface area contributed by atoms with Gasteiger partial charge >= 0.3 is 0 Å². The van der Waals surface area contributed by atoms with E-state index in [1.54, 1.807) is 7.11 Å². The Kier molecular flexibility index (Phi) is 6.10. The van der Waals surface area contributed by atoms with Gasteiger partial charge in [0.25, 0.3) is 0 Å². The van der Waals surface area contributed by atoms with Crippen LogP contribution in [0.2, 0.25) is 0 Å². The fourth-order valence-electron chi connectivity index (χ4n) is 3.38. The number of ether oxygens (including phenoxy) is 1. The molecule has 2 N–H and O–H groups in total. The van der Waals surface area contributed by atoms with Crippen molar-refractivity contribution in [2.24, 2.45) is 4.99 Å². The predicted molar refractivity (Wildman–Crippen MR) is 106 cm³/mol. The normalized spacial score (nSPS) is 15.8. The van der Waals surface area contributed by atoms with Crippen LogP contribution < -0.4 is 15.4 Å². The lowest BCUT2D eigenvalue weighted by Crippen LogP contribution is -2.48. The Morgan fingerprint density at radius 2 is 1.92 bits per heavy atom. The molecule has 0 aliphatic heterocycles. The molecule has 0 bridgehead atoms. The van der Waals surface area contributed by atoms with E-state index in [0.717, 1.165) is 24.7 Å². The van der Waals surface area contributed by atoms with Crippen LogP contribution in [0.1, 0.15) is 37.4 Å². The maximum atomic E-state index is 5.18. The third kappa shape index (κ3) is 4.34. The minimum absolute atomic E-state index is 0.228. The van der Waals surface area contributed by atoms with Crippen LogP contribution in [0.4, 0.5) is 0 Å². The summed E-state index contributed by atoms with van der Waals surface area (Å²) >= 11 is 0. The highest BCUT2D eigenvalue weighted by molar-refractivity contribution is 5.79. The second kappa shape index (κ2) is 8.70. The molecule has 0 radical (unpaired) electrons. The maximum Gasteiger partial charge on any atom is 0.213 e. The molecule has 0 atom stereocenters. The minimum Gasteiger partial charge on any atom is -0.481 e. The molecule has 5 heteroatoms. The molecule has 0 spiro atoms. The molecule has 3 rings (SSSR count). The van der Waals surface area contributed by atoms with Gasteiger partial charge in [0, 0.05) is 24.6 Å². The van der Waals surface area contributed by atoms with Crippen molar-refractivity contribution in [1.29, 1.82) is 0 Å². The van der Waals surface area contributed by atoms with Gasteiger partial charge in [0.2, 0.25) is 5.88 Å². The number of guanidine groups is 1. The summed E-state index contributed by atoms with van der Waals surface area (Å²) < 4.78 is 5.18. The zero-order valence-electron chi connectivity index (χ0n) is 15.7. The fraction of sp³-hybridized carbons (Fsp3) is 0.429. The Hall–Kier alpha value is -2.56. The van der Waals surface area contributed by atoms with Gasteiger partial charge in [-0.05, 0) is 31.4 Å². The Balaban J connectivity index is 1.66. The molecule has 1 saturated carbocycles. The second-order valence-corrected chi connectivity index (χ2v) is 6.72. The number of methoxy groups -OCH3 is 1. The summed E-state index contributed by atoms with van der Waals surface area (Å²) in [4.78, 5) is 9.11. The number of hydrogen-bond donors (Lipinski definition) is 2. The van der Waals surface area contributed by atoms with Crippen molar-refractivity contribution < 1.29 is 4.74 Å². The van der Waals surface area contributed by atoms with E-state index in [1.165, 1.54) is 24.8 Å². The average molecular weight is 352 g/mol. The van der Waals surface area contributed by atoms with Gasteiger partial charge in [-0.1, -0.05) is 42.8 Å². The van der Waals surface area contributed by atoms with E-state index in [1.807, 2.05) is 18.2 Å². The SMILES string of the molecule is CCNC(=NCc1cccc(OC)n1)NCC1(c2ccccc2)CCC1. The van der Waals surface area contributed by atoms with Crippen LogP contribution in [0.25, 0.3) is 0 Å². The highest BCUT2D eigenvalue weighted by atomic mass is 16.5. The summed E-state index contributed by atoms with van der Waals surface area (Å²) in [5, 5.41) is 6.87. The first kappa shape index (κ1) is 18.2. The van der Waals surface area contributed by atoms with Crippen molar-refractivity contribution in [1.82, 2.24) is 15.6 Å². The highest BCUT2D eigenvalue weighted by Gasteiger charge is 2.38. The third-order valence-electron chi connectivity index (χ3n) is 5.02. The summed E-state index contributed by atoms with van der Waals surface area (Å²) in [6, 6.07) is 16.6. The van der Waals surface area contributed by atoms with Crippen LogP contribution in [-0.2, 0) is 12.0 Å². The minimum atomic E-state index is 0.228. The number of benzene rings is 1. The molecule has 5 nitrogen and oxygen atoms in total. The number of rotatable bonds is 7. The van der Waals surface area contributed by atoms with Crippen LogP contribution in [0.5, 0.6) is 5.88 Å². The predicted octanol–water partition coefficient (Wildman–Crippen LogP) is 3.27. The van der Waals surface area contributed by atoms with Crippen molar-refractivity contribution in [3.8, 4) is 5.88 Å². The summed E-state index contributed by atoms with van der Waals surface area (Å²) in [7, 11) is 1.63. The summed E-state index contributed by atoms with van der Waals surface area (Å²) in [5.74, 6) is 1.45. The number of aliphatic imine (C=N–C) groups is 1. The Morgan fingerprint density at radius 3 is 2.58 bits per heavy atom.